The lowest BCUT2D eigenvalue weighted by Crippen LogP contribution is -2.25. The molecular formula is C9H7BrN2O. The van der Waals surface area contributed by atoms with Crippen LogP contribution >= 0.6 is 15.9 Å². The maximum Gasteiger partial charge on any atom is 0.253 e. The summed E-state index contributed by atoms with van der Waals surface area (Å²) >= 11 is 3.33. The number of benzene rings is 1. The quantitative estimate of drug-likeness (QED) is 0.735. The first-order valence-electron chi connectivity index (χ1n) is 3.85. The van der Waals surface area contributed by atoms with Crippen molar-refractivity contribution in [2.75, 3.05) is 11.4 Å². The molecule has 1 aromatic carbocycles. The van der Waals surface area contributed by atoms with Crippen molar-refractivity contribution in [2.24, 2.45) is 4.99 Å². The molecule has 0 atom stereocenters. The van der Waals surface area contributed by atoms with Gasteiger partial charge in [0.15, 0.2) is 0 Å². The van der Waals surface area contributed by atoms with Crippen LogP contribution in [0.25, 0.3) is 0 Å². The number of aliphatic imine (C=N–C) groups is 1. The van der Waals surface area contributed by atoms with Gasteiger partial charge < -0.3 is 0 Å². The third-order valence-electron chi connectivity index (χ3n) is 1.80. The van der Waals surface area contributed by atoms with Gasteiger partial charge in [0.25, 0.3) is 5.91 Å². The molecule has 66 valence electrons. The average Bonchev–Trinajstić information content (AvgIpc) is 2.53. The molecule has 1 aliphatic heterocycles. The van der Waals surface area contributed by atoms with E-state index in [0.29, 0.717) is 0 Å². The van der Waals surface area contributed by atoms with Gasteiger partial charge in [-0.2, -0.15) is 0 Å². The third-order valence-corrected chi connectivity index (χ3v) is 2.33. The molecule has 0 saturated heterocycles. The van der Waals surface area contributed by atoms with Crippen LogP contribution in [0, 0.1) is 0 Å². The van der Waals surface area contributed by atoms with Crippen molar-refractivity contribution in [1.82, 2.24) is 0 Å². The van der Waals surface area contributed by atoms with E-state index in [2.05, 4.69) is 20.9 Å². The molecule has 0 saturated carbocycles. The molecule has 13 heavy (non-hydrogen) atoms. The molecule has 1 heterocycles. The van der Waals surface area contributed by atoms with Gasteiger partial charge in [0.2, 0.25) is 0 Å². The summed E-state index contributed by atoms with van der Waals surface area (Å²) < 4.78 is 1.000. The second kappa shape index (κ2) is 3.30. The fraction of sp³-hybridized carbons (Fsp3) is 0.111. The zero-order chi connectivity index (χ0) is 9.26. The topological polar surface area (TPSA) is 32.7 Å². The number of anilines is 1. The average molecular weight is 239 g/mol. The first kappa shape index (κ1) is 8.44. The fourth-order valence-electron chi connectivity index (χ4n) is 1.15. The Bertz CT molecular complexity index is 358. The van der Waals surface area contributed by atoms with Gasteiger partial charge in [0.1, 0.15) is 6.54 Å². The molecule has 0 fully saturated rings. The van der Waals surface area contributed by atoms with Gasteiger partial charge in [-0.25, -0.2) is 0 Å². The molecule has 4 heteroatoms. The number of halogens is 1. The van der Waals surface area contributed by atoms with E-state index in [1.165, 1.54) is 0 Å². The molecule has 1 amide bonds. The Kier molecular flexibility index (Phi) is 2.14. The van der Waals surface area contributed by atoms with Crippen molar-refractivity contribution in [3.63, 3.8) is 0 Å². The van der Waals surface area contributed by atoms with Crippen molar-refractivity contribution in [3.8, 4) is 0 Å². The summed E-state index contributed by atoms with van der Waals surface area (Å²) in [5.74, 6) is 0.0160. The summed E-state index contributed by atoms with van der Waals surface area (Å²) in [5, 5.41) is 0. The van der Waals surface area contributed by atoms with Crippen LogP contribution in [-0.2, 0) is 4.79 Å². The van der Waals surface area contributed by atoms with E-state index in [4.69, 9.17) is 0 Å². The summed E-state index contributed by atoms with van der Waals surface area (Å²) in [6.45, 7) is 0.260. The number of hydrogen-bond acceptors (Lipinski definition) is 2. The predicted octanol–water partition coefficient (Wildman–Crippen LogP) is 1.82. The molecule has 0 radical (unpaired) electrons. The van der Waals surface area contributed by atoms with Gasteiger partial charge in [0, 0.05) is 10.2 Å². The zero-order valence-electron chi connectivity index (χ0n) is 6.77. The Morgan fingerprint density at radius 1 is 1.31 bits per heavy atom. The summed E-state index contributed by atoms with van der Waals surface area (Å²) in [5.41, 5.74) is 0.856. The van der Waals surface area contributed by atoms with Gasteiger partial charge in [-0.1, -0.05) is 15.9 Å². The van der Waals surface area contributed by atoms with Crippen molar-refractivity contribution in [1.29, 1.82) is 0 Å². The van der Waals surface area contributed by atoms with E-state index in [1.54, 1.807) is 11.2 Å². The molecule has 1 aliphatic rings. The van der Waals surface area contributed by atoms with Gasteiger partial charge >= 0.3 is 0 Å². The second-order valence-corrected chi connectivity index (χ2v) is 3.61. The first-order valence-corrected chi connectivity index (χ1v) is 4.64. The van der Waals surface area contributed by atoms with Crippen LogP contribution in [-0.4, -0.2) is 18.8 Å². The van der Waals surface area contributed by atoms with Crippen LogP contribution in [0.2, 0.25) is 0 Å². The number of amides is 1. The monoisotopic (exact) mass is 238 g/mol. The number of hydrogen-bond donors (Lipinski definition) is 0. The minimum atomic E-state index is 0.0160. The molecule has 3 nitrogen and oxygen atoms in total. The highest BCUT2D eigenvalue weighted by molar-refractivity contribution is 9.10. The molecule has 0 N–H and O–H groups in total. The standard InChI is InChI=1S/C9H7BrN2O/c10-7-1-3-8(4-2-7)12-6-11-5-9(12)13/h1-4,6H,5H2. The Morgan fingerprint density at radius 3 is 2.54 bits per heavy atom. The van der Waals surface area contributed by atoms with Gasteiger partial charge in [-0.3, -0.25) is 14.7 Å². The van der Waals surface area contributed by atoms with Crippen LogP contribution in [0.5, 0.6) is 0 Å². The van der Waals surface area contributed by atoms with Crippen molar-refractivity contribution >= 4 is 33.9 Å². The number of rotatable bonds is 1. The van der Waals surface area contributed by atoms with Gasteiger partial charge in [-0.05, 0) is 24.3 Å². The summed E-state index contributed by atoms with van der Waals surface area (Å²) in [6.07, 6.45) is 1.56. The van der Waals surface area contributed by atoms with Crippen LogP contribution in [0.3, 0.4) is 0 Å². The number of carbonyl (C=O) groups is 1. The van der Waals surface area contributed by atoms with Crippen LogP contribution in [0.15, 0.2) is 33.7 Å². The normalized spacial score (nSPS) is 15.5. The maximum atomic E-state index is 11.2. The summed E-state index contributed by atoms with van der Waals surface area (Å²) in [4.78, 5) is 16.7. The summed E-state index contributed by atoms with van der Waals surface area (Å²) in [6, 6.07) is 7.54. The van der Waals surface area contributed by atoms with E-state index >= 15 is 0 Å². The van der Waals surface area contributed by atoms with Gasteiger partial charge in [0.05, 0.1) is 6.34 Å². The lowest BCUT2D eigenvalue weighted by molar-refractivity contribution is -0.115. The van der Waals surface area contributed by atoms with Crippen molar-refractivity contribution in [2.45, 2.75) is 0 Å². The minimum Gasteiger partial charge on any atom is -0.272 e. The van der Waals surface area contributed by atoms with E-state index in [-0.39, 0.29) is 12.5 Å². The van der Waals surface area contributed by atoms with E-state index in [1.807, 2.05) is 24.3 Å². The fourth-order valence-corrected chi connectivity index (χ4v) is 1.42. The molecule has 0 aromatic heterocycles. The molecule has 0 unspecified atom stereocenters. The second-order valence-electron chi connectivity index (χ2n) is 2.70. The molecule has 0 bridgehead atoms. The highest BCUT2D eigenvalue weighted by Gasteiger charge is 2.17. The van der Waals surface area contributed by atoms with E-state index in [9.17, 15) is 4.79 Å². The highest BCUT2D eigenvalue weighted by atomic mass is 79.9. The Balaban J connectivity index is 2.30. The van der Waals surface area contributed by atoms with Crippen LogP contribution in [0.4, 0.5) is 5.69 Å². The van der Waals surface area contributed by atoms with E-state index in [0.717, 1.165) is 10.2 Å². The Hall–Kier alpha value is -1.16. The number of carbonyl (C=O) groups excluding carboxylic acids is 1. The molecule has 0 spiro atoms. The Morgan fingerprint density at radius 2 is 2.00 bits per heavy atom. The molecule has 1 aromatic rings. The minimum absolute atomic E-state index is 0.0160. The molecule has 2 rings (SSSR count). The predicted molar refractivity (Wildman–Crippen MR) is 55.0 cm³/mol. The highest BCUT2D eigenvalue weighted by Crippen LogP contribution is 2.18. The lowest BCUT2D eigenvalue weighted by Gasteiger charge is -2.11. The Labute approximate surface area is 84.2 Å². The largest absolute Gasteiger partial charge is 0.272 e. The number of nitrogens with zero attached hydrogens (tertiary/aromatic N) is 2. The van der Waals surface area contributed by atoms with Crippen molar-refractivity contribution in [3.05, 3.63) is 28.7 Å². The smallest absolute Gasteiger partial charge is 0.253 e. The maximum absolute atomic E-state index is 11.2. The molecule has 0 aliphatic carbocycles. The van der Waals surface area contributed by atoms with Crippen LogP contribution in [0.1, 0.15) is 0 Å². The van der Waals surface area contributed by atoms with Crippen LogP contribution < -0.4 is 4.90 Å². The third kappa shape index (κ3) is 1.62. The van der Waals surface area contributed by atoms with Crippen molar-refractivity contribution < 1.29 is 4.79 Å². The summed E-state index contributed by atoms with van der Waals surface area (Å²) in [7, 11) is 0. The lowest BCUT2D eigenvalue weighted by atomic mass is 10.3. The zero-order valence-corrected chi connectivity index (χ0v) is 8.36. The molecular weight excluding hydrogens is 232 g/mol. The van der Waals surface area contributed by atoms with Gasteiger partial charge in [-0.15, -0.1) is 0 Å². The first-order chi connectivity index (χ1) is 6.27. The SMILES string of the molecule is O=C1CN=CN1c1ccc(Br)cc1. The van der Waals surface area contributed by atoms with E-state index < -0.39 is 0 Å².